The van der Waals surface area contributed by atoms with Crippen molar-refractivity contribution >= 4 is 42.9 Å². The van der Waals surface area contributed by atoms with Crippen molar-refractivity contribution in [1.29, 1.82) is 0 Å². The second-order valence-electron chi connectivity index (χ2n) is 6.47. The molecule has 1 amide bonds. The third-order valence-corrected chi connectivity index (χ3v) is 6.59. The molecule has 1 aromatic carbocycles. The van der Waals surface area contributed by atoms with Crippen LogP contribution >= 0.6 is 11.3 Å². The predicted octanol–water partition coefficient (Wildman–Crippen LogP) is 2.44. The standard InChI is InChI=1S/C20H16N4O3S2/c1-4-10-23-15-9-8-14(29(3,26)27)12-16(15)28-20(23)22-19(25)18-13(2)21-17-7-5-6-11-24(17)18/h1,5-9,11-12H,10H2,2-3H3. The summed E-state index contributed by atoms with van der Waals surface area (Å²) >= 11 is 1.22. The van der Waals surface area contributed by atoms with Gasteiger partial charge in [0.25, 0.3) is 5.91 Å². The zero-order valence-corrected chi connectivity index (χ0v) is 17.3. The predicted molar refractivity (Wildman–Crippen MR) is 112 cm³/mol. The van der Waals surface area contributed by atoms with Gasteiger partial charge >= 0.3 is 0 Å². The number of carbonyl (C=O) groups is 1. The van der Waals surface area contributed by atoms with Crippen LogP contribution in [0, 0.1) is 19.3 Å². The lowest BCUT2D eigenvalue weighted by molar-refractivity contribution is 0.0991. The van der Waals surface area contributed by atoms with Crippen LogP contribution in [0.2, 0.25) is 0 Å². The molecule has 4 rings (SSSR count). The Hall–Kier alpha value is -3.22. The number of carbonyl (C=O) groups excluding carboxylic acids is 1. The number of rotatable bonds is 3. The normalized spacial score (nSPS) is 12.5. The summed E-state index contributed by atoms with van der Waals surface area (Å²) in [5.41, 5.74) is 2.34. The number of hydrogen-bond acceptors (Lipinski definition) is 5. The fourth-order valence-corrected chi connectivity index (χ4v) is 4.91. The van der Waals surface area contributed by atoms with Crippen molar-refractivity contribution in [3.63, 3.8) is 0 Å². The van der Waals surface area contributed by atoms with Gasteiger partial charge < -0.3 is 4.57 Å². The summed E-state index contributed by atoms with van der Waals surface area (Å²) in [5, 5.41) is 0. The number of benzene rings is 1. The molecule has 0 saturated heterocycles. The molecule has 0 spiro atoms. The molecule has 9 heteroatoms. The first-order valence-corrected chi connectivity index (χ1v) is 11.3. The number of terminal acetylenes is 1. The summed E-state index contributed by atoms with van der Waals surface area (Å²) in [6.45, 7) is 1.96. The molecule has 0 aliphatic heterocycles. The topological polar surface area (TPSA) is 85.8 Å². The Labute approximate surface area is 170 Å². The van der Waals surface area contributed by atoms with Crippen LogP contribution in [-0.4, -0.2) is 34.5 Å². The van der Waals surface area contributed by atoms with Crippen LogP contribution in [0.1, 0.15) is 16.2 Å². The Bertz CT molecular complexity index is 1500. The fourth-order valence-electron chi connectivity index (χ4n) is 3.12. The zero-order chi connectivity index (χ0) is 20.8. The molecule has 0 bridgehead atoms. The molecule has 0 saturated carbocycles. The molecule has 4 aromatic rings. The molecule has 0 radical (unpaired) electrons. The number of imidazole rings is 1. The van der Waals surface area contributed by atoms with Crippen molar-refractivity contribution in [2.24, 2.45) is 4.99 Å². The van der Waals surface area contributed by atoms with Gasteiger partial charge in [0.2, 0.25) is 0 Å². The third-order valence-electron chi connectivity index (χ3n) is 4.44. The van der Waals surface area contributed by atoms with Crippen LogP contribution < -0.4 is 4.80 Å². The van der Waals surface area contributed by atoms with E-state index in [4.69, 9.17) is 6.42 Å². The average molecular weight is 425 g/mol. The molecule has 3 heterocycles. The van der Waals surface area contributed by atoms with E-state index in [2.05, 4.69) is 15.9 Å². The molecule has 0 unspecified atom stereocenters. The molecule has 7 nitrogen and oxygen atoms in total. The summed E-state index contributed by atoms with van der Waals surface area (Å²) in [5.74, 6) is 2.12. The fraction of sp³-hybridized carbons (Fsp3) is 0.150. The SMILES string of the molecule is C#CCn1c(=NC(=O)c2c(C)nc3ccccn23)sc2cc(S(C)(=O)=O)ccc21. The Kier molecular flexibility index (Phi) is 4.61. The van der Waals surface area contributed by atoms with Crippen LogP contribution in [0.25, 0.3) is 15.9 Å². The van der Waals surface area contributed by atoms with Gasteiger partial charge in [0.05, 0.1) is 27.4 Å². The maximum absolute atomic E-state index is 13.0. The van der Waals surface area contributed by atoms with Gasteiger partial charge in [-0.15, -0.1) is 6.42 Å². The summed E-state index contributed by atoms with van der Waals surface area (Å²) in [7, 11) is -3.35. The molecule has 0 N–H and O–H groups in total. The highest BCUT2D eigenvalue weighted by atomic mass is 32.2. The van der Waals surface area contributed by atoms with Crippen LogP contribution in [0.3, 0.4) is 0 Å². The smallest absolute Gasteiger partial charge is 0.298 e. The van der Waals surface area contributed by atoms with Crippen molar-refractivity contribution in [1.82, 2.24) is 14.0 Å². The number of thiazole rings is 1. The molecule has 29 heavy (non-hydrogen) atoms. The van der Waals surface area contributed by atoms with Gasteiger partial charge in [-0.1, -0.05) is 23.3 Å². The van der Waals surface area contributed by atoms with Gasteiger partial charge in [0.15, 0.2) is 14.6 Å². The van der Waals surface area contributed by atoms with Gasteiger partial charge in [-0.2, -0.15) is 4.99 Å². The minimum absolute atomic E-state index is 0.203. The quantitative estimate of drug-likeness (QED) is 0.473. The number of sulfone groups is 1. The van der Waals surface area contributed by atoms with Gasteiger partial charge in [-0.05, 0) is 37.3 Å². The largest absolute Gasteiger partial charge is 0.305 e. The lowest BCUT2D eigenvalue weighted by Gasteiger charge is -2.02. The molecule has 0 aliphatic rings. The number of amides is 1. The Morgan fingerprint density at radius 2 is 2.10 bits per heavy atom. The van der Waals surface area contributed by atoms with E-state index in [1.807, 2.05) is 18.2 Å². The number of pyridine rings is 1. The minimum atomic E-state index is -3.35. The first-order chi connectivity index (χ1) is 13.8. The van der Waals surface area contributed by atoms with Crippen molar-refractivity contribution in [3.8, 4) is 12.3 Å². The van der Waals surface area contributed by atoms with Crippen molar-refractivity contribution in [3.05, 3.63) is 58.8 Å². The van der Waals surface area contributed by atoms with E-state index in [1.165, 1.54) is 17.4 Å². The molecule has 0 fully saturated rings. The first kappa shape index (κ1) is 19.1. The van der Waals surface area contributed by atoms with Crippen molar-refractivity contribution < 1.29 is 13.2 Å². The monoisotopic (exact) mass is 424 g/mol. The van der Waals surface area contributed by atoms with E-state index in [-0.39, 0.29) is 11.4 Å². The highest BCUT2D eigenvalue weighted by molar-refractivity contribution is 7.90. The van der Waals surface area contributed by atoms with Crippen molar-refractivity contribution in [2.45, 2.75) is 18.4 Å². The highest BCUT2D eigenvalue weighted by Crippen LogP contribution is 2.22. The molecule has 0 aliphatic carbocycles. The summed E-state index contributed by atoms with van der Waals surface area (Å²) in [6.07, 6.45) is 8.41. The van der Waals surface area contributed by atoms with E-state index in [9.17, 15) is 13.2 Å². The van der Waals surface area contributed by atoms with Crippen LogP contribution in [0.4, 0.5) is 0 Å². The Balaban J connectivity index is 1.93. The number of hydrogen-bond donors (Lipinski definition) is 0. The van der Waals surface area contributed by atoms with Crippen LogP contribution in [0.5, 0.6) is 0 Å². The maximum Gasteiger partial charge on any atom is 0.298 e. The van der Waals surface area contributed by atoms with Crippen LogP contribution in [-0.2, 0) is 16.4 Å². The lowest BCUT2D eigenvalue weighted by atomic mass is 10.3. The molecular formula is C20H16N4O3S2. The van der Waals surface area contributed by atoms with Gasteiger partial charge in [0, 0.05) is 12.5 Å². The Morgan fingerprint density at radius 3 is 2.83 bits per heavy atom. The summed E-state index contributed by atoms with van der Waals surface area (Å²) in [4.78, 5) is 22.3. The second-order valence-corrected chi connectivity index (χ2v) is 9.49. The third kappa shape index (κ3) is 3.37. The number of aryl methyl sites for hydroxylation is 1. The molecule has 3 aromatic heterocycles. The van der Waals surface area contributed by atoms with E-state index >= 15 is 0 Å². The minimum Gasteiger partial charge on any atom is -0.305 e. The summed E-state index contributed by atoms with van der Waals surface area (Å²) < 4.78 is 27.8. The second kappa shape index (κ2) is 6.99. The van der Waals surface area contributed by atoms with E-state index in [1.54, 1.807) is 34.2 Å². The number of aromatic nitrogens is 3. The van der Waals surface area contributed by atoms with E-state index in [0.717, 1.165) is 11.8 Å². The van der Waals surface area contributed by atoms with Gasteiger partial charge in [-0.3, -0.25) is 9.20 Å². The van der Waals surface area contributed by atoms with Crippen LogP contribution in [0.15, 0.2) is 52.5 Å². The zero-order valence-electron chi connectivity index (χ0n) is 15.7. The number of nitrogens with zero attached hydrogens (tertiary/aromatic N) is 4. The highest BCUT2D eigenvalue weighted by Gasteiger charge is 2.17. The maximum atomic E-state index is 13.0. The van der Waals surface area contributed by atoms with Gasteiger partial charge in [0.1, 0.15) is 11.3 Å². The lowest BCUT2D eigenvalue weighted by Crippen LogP contribution is -2.17. The number of fused-ring (bicyclic) bond motifs is 2. The van der Waals surface area contributed by atoms with Gasteiger partial charge in [-0.25, -0.2) is 13.4 Å². The molecule has 0 atom stereocenters. The molecular weight excluding hydrogens is 408 g/mol. The van der Waals surface area contributed by atoms with E-state index < -0.39 is 15.7 Å². The summed E-state index contributed by atoms with van der Waals surface area (Å²) in [6, 6.07) is 10.3. The van der Waals surface area contributed by atoms with E-state index in [0.29, 0.717) is 26.5 Å². The average Bonchev–Trinajstić information content (AvgIpc) is 3.17. The van der Waals surface area contributed by atoms with Crippen molar-refractivity contribution in [2.75, 3.05) is 6.26 Å². The molecule has 146 valence electrons. The first-order valence-electron chi connectivity index (χ1n) is 8.59. The Morgan fingerprint density at radius 1 is 1.31 bits per heavy atom.